The molecule has 0 fully saturated rings. The zero-order valence-electron chi connectivity index (χ0n) is 6.52. The summed E-state index contributed by atoms with van der Waals surface area (Å²) in [6.45, 7) is 0. The van der Waals surface area contributed by atoms with Crippen molar-refractivity contribution in [3.8, 4) is 0 Å². The van der Waals surface area contributed by atoms with Crippen molar-refractivity contribution >= 4 is 54.2 Å². The number of hydrogen-bond acceptors (Lipinski definition) is 0. The van der Waals surface area contributed by atoms with Crippen molar-refractivity contribution in [2.24, 2.45) is 0 Å². The van der Waals surface area contributed by atoms with E-state index in [0.29, 0.717) is 0 Å². The monoisotopic (exact) mass is 318 g/mol. The van der Waals surface area contributed by atoms with Gasteiger partial charge >= 0.3 is 0 Å². The fraction of sp³-hybridized carbons (Fsp3) is 0. The predicted octanol–water partition coefficient (Wildman–Crippen LogP) is 5.02. The summed E-state index contributed by atoms with van der Waals surface area (Å²) in [6.07, 6.45) is 0. The van der Waals surface area contributed by atoms with Gasteiger partial charge < -0.3 is 0 Å². The zero-order valence-corrected chi connectivity index (χ0v) is 10.4. The molecule has 0 aromatic heterocycles. The van der Waals surface area contributed by atoms with Crippen LogP contribution >= 0.6 is 43.5 Å². The Balaban J connectivity index is 2.81. The van der Waals surface area contributed by atoms with Crippen molar-refractivity contribution in [2.75, 3.05) is 0 Å². The second kappa shape index (κ2) is 3.60. The van der Waals surface area contributed by atoms with Crippen LogP contribution in [0.1, 0.15) is 0 Å². The van der Waals surface area contributed by atoms with Crippen molar-refractivity contribution < 1.29 is 0 Å². The Morgan fingerprint density at radius 1 is 0.846 bits per heavy atom. The molecule has 0 spiro atoms. The second-order valence-corrected chi connectivity index (χ2v) is 4.90. The van der Waals surface area contributed by atoms with Crippen LogP contribution in [0, 0.1) is 0 Å². The molecule has 2 rings (SSSR count). The minimum absolute atomic E-state index is 0.765. The van der Waals surface area contributed by atoms with Gasteiger partial charge in [0.2, 0.25) is 0 Å². The van der Waals surface area contributed by atoms with Crippen LogP contribution in [0.2, 0.25) is 5.02 Å². The highest BCUT2D eigenvalue weighted by molar-refractivity contribution is 9.13. The van der Waals surface area contributed by atoms with Crippen LogP contribution in [0.5, 0.6) is 0 Å². The summed E-state index contributed by atoms with van der Waals surface area (Å²) < 4.78 is 2.10. The first-order chi connectivity index (χ1) is 6.16. The Labute approximate surface area is 98.2 Å². The highest BCUT2D eigenvalue weighted by Gasteiger charge is 2.00. The highest BCUT2D eigenvalue weighted by atomic mass is 79.9. The molecular formula is C10H5Br2Cl. The molecule has 2 aromatic carbocycles. The van der Waals surface area contributed by atoms with Crippen molar-refractivity contribution in [1.29, 1.82) is 0 Å². The highest BCUT2D eigenvalue weighted by Crippen LogP contribution is 2.29. The van der Waals surface area contributed by atoms with E-state index in [2.05, 4.69) is 37.9 Å². The Bertz CT molecular complexity index is 466. The number of fused-ring (bicyclic) bond motifs is 1. The lowest BCUT2D eigenvalue weighted by Crippen LogP contribution is -1.75. The van der Waals surface area contributed by atoms with Gasteiger partial charge in [-0.05, 0) is 66.9 Å². The average molecular weight is 320 g/mol. The number of hydrogen-bond donors (Lipinski definition) is 0. The molecule has 3 heteroatoms. The van der Waals surface area contributed by atoms with Crippen LogP contribution in [0.25, 0.3) is 10.8 Å². The van der Waals surface area contributed by atoms with Crippen LogP contribution in [0.4, 0.5) is 0 Å². The van der Waals surface area contributed by atoms with E-state index < -0.39 is 0 Å². The lowest BCUT2D eigenvalue weighted by molar-refractivity contribution is 1.64. The topological polar surface area (TPSA) is 0 Å². The fourth-order valence-corrected chi connectivity index (χ4v) is 2.12. The van der Waals surface area contributed by atoms with Gasteiger partial charge in [-0.1, -0.05) is 17.7 Å². The minimum Gasteiger partial charge on any atom is -0.0843 e. The third kappa shape index (κ3) is 1.90. The van der Waals surface area contributed by atoms with Crippen molar-refractivity contribution in [2.45, 2.75) is 0 Å². The quantitative estimate of drug-likeness (QED) is 0.639. The fourth-order valence-electron chi connectivity index (χ4n) is 1.21. The Morgan fingerprint density at radius 2 is 1.46 bits per heavy atom. The van der Waals surface area contributed by atoms with E-state index in [4.69, 9.17) is 11.6 Å². The normalized spacial score (nSPS) is 10.7. The van der Waals surface area contributed by atoms with Crippen LogP contribution in [0.15, 0.2) is 39.3 Å². The summed E-state index contributed by atoms with van der Waals surface area (Å²) in [5.41, 5.74) is 0. The number of halogens is 3. The molecule has 0 aliphatic carbocycles. The number of benzene rings is 2. The summed E-state index contributed by atoms with van der Waals surface area (Å²) >= 11 is 12.8. The summed E-state index contributed by atoms with van der Waals surface area (Å²) in [6, 6.07) is 9.97. The molecule has 0 saturated heterocycles. The van der Waals surface area contributed by atoms with Crippen LogP contribution in [-0.2, 0) is 0 Å². The zero-order chi connectivity index (χ0) is 9.42. The smallest absolute Gasteiger partial charge is 0.0412 e. The van der Waals surface area contributed by atoms with E-state index in [1.807, 2.05) is 24.3 Å². The predicted molar refractivity (Wildman–Crippen MR) is 64.4 cm³/mol. The molecule has 0 heterocycles. The Hall–Kier alpha value is -0.0500. The molecule has 0 radical (unpaired) electrons. The third-order valence-corrected chi connectivity index (χ3v) is 3.92. The molecule has 0 nitrogen and oxygen atoms in total. The molecule has 0 saturated carbocycles. The van der Waals surface area contributed by atoms with Gasteiger partial charge in [0.25, 0.3) is 0 Å². The van der Waals surface area contributed by atoms with Gasteiger partial charge in [-0.25, -0.2) is 0 Å². The standard InChI is InChI=1S/C10H5Br2Cl/c11-9-4-6-1-2-8(13)3-7(6)5-10(9)12/h1-5H. The molecule has 0 bridgehead atoms. The van der Waals surface area contributed by atoms with E-state index in [0.717, 1.165) is 19.4 Å². The van der Waals surface area contributed by atoms with Gasteiger partial charge in [-0.15, -0.1) is 0 Å². The molecule has 0 atom stereocenters. The average Bonchev–Trinajstić information content (AvgIpc) is 2.08. The maximum atomic E-state index is 5.88. The molecular weight excluding hydrogens is 315 g/mol. The Kier molecular flexibility index (Phi) is 2.63. The molecule has 13 heavy (non-hydrogen) atoms. The lowest BCUT2D eigenvalue weighted by atomic mass is 10.1. The first-order valence-corrected chi connectivity index (χ1v) is 5.67. The molecule has 66 valence electrons. The van der Waals surface area contributed by atoms with Crippen molar-refractivity contribution in [3.05, 3.63) is 44.3 Å². The first-order valence-electron chi connectivity index (χ1n) is 3.71. The van der Waals surface area contributed by atoms with E-state index >= 15 is 0 Å². The van der Waals surface area contributed by atoms with Crippen LogP contribution in [0.3, 0.4) is 0 Å². The SMILES string of the molecule is Clc1ccc2cc(Br)c(Br)cc2c1. The van der Waals surface area contributed by atoms with Gasteiger partial charge in [0.1, 0.15) is 0 Å². The molecule has 0 amide bonds. The van der Waals surface area contributed by atoms with Crippen LogP contribution < -0.4 is 0 Å². The molecule has 0 aliphatic heterocycles. The maximum absolute atomic E-state index is 5.88. The lowest BCUT2D eigenvalue weighted by Gasteiger charge is -2.01. The summed E-state index contributed by atoms with van der Waals surface area (Å²) in [5.74, 6) is 0. The van der Waals surface area contributed by atoms with E-state index in [9.17, 15) is 0 Å². The second-order valence-electron chi connectivity index (χ2n) is 2.76. The summed E-state index contributed by atoms with van der Waals surface area (Å²) in [7, 11) is 0. The van der Waals surface area contributed by atoms with Crippen molar-refractivity contribution in [3.63, 3.8) is 0 Å². The van der Waals surface area contributed by atoms with Crippen LogP contribution in [-0.4, -0.2) is 0 Å². The minimum atomic E-state index is 0.765. The van der Waals surface area contributed by atoms with Gasteiger partial charge in [0.05, 0.1) is 0 Å². The number of rotatable bonds is 0. The van der Waals surface area contributed by atoms with Gasteiger partial charge in [-0.3, -0.25) is 0 Å². The van der Waals surface area contributed by atoms with E-state index in [1.165, 1.54) is 5.39 Å². The summed E-state index contributed by atoms with van der Waals surface area (Å²) in [5, 5.41) is 3.09. The van der Waals surface area contributed by atoms with E-state index in [-0.39, 0.29) is 0 Å². The molecule has 0 N–H and O–H groups in total. The largest absolute Gasteiger partial charge is 0.0843 e. The third-order valence-electron chi connectivity index (χ3n) is 1.84. The van der Waals surface area contributed by atoms with Gasteiger partial charge in [-0.2, -0.15) is 0 Å². The van der Waals surface area contributed by atoms with Gasteiger partial charge in [0, 0.05) is 14.0 Å². The Morgan fingerprint density at radius 3 is 2.15 bits per heavy atom. The van der Waals surface area contributed by atoms with Crippen molar-refractivity contribution in [1.82, 2.24) is 0 Å². The molecule has 0 unspecified atom stereocenters. The maximum Gasteiger partial charge on any atom is 0.0412 e. The van der Waals surface area contributed by atoms with E-state index in [1.54, 1.807) is 0 Å². The summed E-state index contributed by atoms with van der Waals surface area (Å²) in [4.78, 5) is 0. The molecule has 2 aromatic rings. The van der Waals surface area contributed by atoms with Gasteiger partial charge in [0.15, 0.2) is 0 Å². The molecule has 0 aliphatic rings. The first kappa shape index (κ1) is 9.50.